The monoisotopic (exact) mass is 309 g/mol. The molecule has 1 amide bonds. The largest absolute Gasteiger partial charge is 0.497 e. The first kappa shape index (κ1) is 17.9. The van der Waals surface area contributed by atoms with Crippen molar-refractivity contribution in [1.82, 2.24) is 5.32 Å². The first-order chi connectivity index (χ1) is 9.93. The SMILES string of the molecule is COc1ccc(CSCC(=O)NC(C(C)C)C(C)C)cc1. The van der Waals surface area contributed by atoms with Crippen LogP contribution in [0.3, 0.4) is 0 Å². The summed E-state index contributed by atoms with van der Waals surface area (Å²) in [4.78, 5) is 12.0. The van der Waals surface area contributed by atoms with E-state index < -0.39 is 0 Å². The zero-order valence-corrected chi connectivity index (χ0v) is 14.5. The molecule has 0 atom stereocenters. The summed E-state index contributed by atoms with van der Waals surface area (Å²) in [6.07, 6.45) is 0. The van der Waals surface area contributed by atoms with Crippen LogP contribution in [0, 0.1) is 11.8 Å². The Morgan fingerprint density at radius 3 is 2.19 bits per heavy atom. The Balaban J connectivity index is 2.35. The molecule has 1 aromatic rings. The highest BCUT2D eigenvalue weighted by molar-refractivity contribution is 7.99. The van der Waals surface area contributed by atoms with Gasteiger partial charge in [-0.15, -0.1) is 11.8 Å². The number of thioether (sulfide) groups is 1. The van der Waals surface area contributed by atoms with E-state index in [0.717, 1.165) is 11.5 Å². The molecule has 1 N–H and O–H groups in total. The van der Waals surface area contributed by atoms with Crippen LogP contribution in [0.4, 0.5) is 0 Å². The Morgan fingerprint density at radius 2 is 1.71 bits per heavy atom. The predicted octanol–water partition coefficient (Wildman–Crippen LogP) is 3.73. The Labute approximate surface area is 132 Å². The van der Waals surface area contributed by atoms with Crippen LogP contribution in [-0.2, 0) is 10.5 Å². The first-order valence-corrected chi connectivity index (χ1v) is 8.59. The summed E-state index contributed by atoms with van der Waals surface area (Å²) < 4.78 is 5.13. The van der Waals surface area contributed by atoms with Crippen LogP contribution in [0.2, 0.25) is 0 Å². The smallest absolute Gasteiger partial charge is 0.230 e. The maximum atomic E-state index is 12.0. The van der Waals surface area contributed by atoms with Gasteiger partial charge in [0.1, 0.15) is 5.75 Å². The quantitative estimate of drug-likeness (QED) is 0.795. The van der Waals surface area contributed by atoms with E-state index in [0.29, 0.717) is 17.6 Å². The highest BCUT2D eigenvalue weighted by Crippen LogP contribution is 2.17. The van der Waals surface area contributed by atoms with Crippen molar-refractivity contribution >= 4 is 17.7 Å². The van der Waals surface area contributed by atoms with Crippen LogP contribution in [0.25, 0.3) is 0 Å². The van der Waals surface area contributed by atoms with E-state index in [2.05, 4.69) is 33.0 Å². The van der Waals surface area contributed by atoms with E-state index in [4.69, 9.17) is 4.74 Å². The van der Waals surface area contributed by atoms with Gasteiger partial charge < -0.3 is 10.1 Å². The van der Waals surface area contributed by atoms with Crippen molar-refractivity contribution in [3.8, 4) is 5.75 Å². The first-order valence-electron chi connectivity index (χ1n) is 7.44. The summed E-state index contributed by atoms with van der Waals surface area (Å²) in [5.74, 6) is 3.24. The highest BCUT2D eigenvalue weighted by Gasteiger charge is 2.19. The standard InChI is InChI=1S/C17H27NO2S/c1-12(2)17(13(3)4)18-16(19)11-21-10-14-6-8-15(20-5)9-7-14/h6-9,12-13,17H,10-11H2,1-5H3,(H,18,19). The van der Waals surface area contributed by atoms with Gasteiger partial charge in [-0.25, -0.2) is 0 Å². The van der Waals surface area contributed by atoms with E-state index in [1.165, 1.54) is 5.56 Å². The van der Waals surface area contributed by atoms with Crippen LogP contribution in [-0.4, -0.2) is 24.8 Å². The van der Waals surface area contributed by atoms with Gasteiger partial charge in [0.05, 0.1) is 12.9 Å². The summed E-state index contributed by atoms with van der Waals surface area (Å²) in [7, 11) is 1.66. The molecule has 0 aliphatic rings. The zero-order valence-electron chi connectivity index (χ0n) is 13.7. The Morgan fingerprint density at radius 1 is 1.14 bits per heavy atom. The van der Waals surface area contributed by atoms with Crippen molar-refractivity contribution in [3.63, 3.8) is 0 Å². The molecule has 0 radical (unpaired) electrons. The van der Waals surface area contributed by atoms with E-state index in [1.54, 1.807) is 18.9 Å². The lowest BCUT2D eigenvalue weighted by molar-refractivity contribution is -0.119. The molecule has 0 heterocycles. The summed E-state index contributed by atoms with van der Waals surface area (Å²) >= 11 is 1.64. The highest BCUT2D eigenvalue weighted by atomic mass is 32.2. The summed E-state index contributed by atoms with van der Waals surface area (Å²) in [5.41, 5.74) is 1.21. The van der Waals surface area contributed by atoms with E-state index in [9.17, 15) is 4.79 Å². The fourth-order valence-electron chi connectivity index (χ4n) is 2.31. The van der Waals surface area contributed by atoms with E-state index in [1.807, 2.05) is 24.3 Å². The number of rotatable bonds is 8. The van der Waals surface area contributed by atoms with Crippen LogP contribution >= 0.6 is 11.8 Å². The number of hydrogen-bond acceptors (Lipinski definition) is 3. The minimum atomic E-state index is 0.126. The van der Waals surface area contributed by atoms with Gasteiger partial charge in [-0.3, -0.25) is 4.79 Å². The maximum Gasteiger partial charge on any atom is 0.230 e. The van der Waals surface area contributed by atoms with Crippen LogP contribution < -0.4 is 10.1 Å². The number of benzene rings is 1. The number of carbonyl (C=O) groups is 1. The maximum absolute atomic E-state index is 12.0. The van der Waals surface area contributed by atoms with Gasteiger partial charge in [0.15, 0.2) is 0 Å². The molecule has 1 aromatic carbocycles. The molecule has 0 saturated heterocycles. The Hall–Kier alpha value is -1.16. The van der Waals surface area contributed by atoms with Gasteiger partial charge in [0, 0.05) is 11.8 Å². The fourth-order valence-corrected chi connectivity index (χ4v) is 3.11. The van der Waals surface area contributed by atoms with Crippen molar-refractivity contribution in [2.24, 2.45) is 11.8 Å². The molecule has 21 heavy (non-hydrogen) atoms. The van der Waals surface area contributed by atoms with Crippen LogP contribution in [0.5, 0.6) is 5.75 Å². The van der Waals surface area contributed by atoms with Gasteiger partial charge in [0.25, 0.3) is 0 Å². The van der Waals surface area contributed by atoms with Gasteiger partial charge in [-0.05, 0) is 29.5 Å². The van der Waals surface area contributed by atoms with Gasteiger partial charge >= 0.3 is 0 Å². The predicted molar refractivity (Wildman–Crippen MR) is 90.8 cm³/mol. The van der Waals surface area contributed by atoms with Gasteiger partial charge in [-0.2, -0.15) is 0 Å². The van der Waals surface area contributed by atoms with Gasteiger partial charge in [0.2, 0.25) is 5.91 Å². The topological polar surface area (TPSA) is 38.3 Å². The van der Waals surface area contributed by atoms with Crippen molar-refractivity contribution in [2.75, 3.05) is 12.9 Å². The molecule has 3 nitrogen and oxygen atoms in total. The lowest BCUT2D eigenvalue weighted by Gasteiger charge is -2.26. The summed E-state index contributed by atoms with van der Waals surface area (Å²) in [5, 5.41) is 3.14. The molecule has 0 bridgehead atoms. The Kier molecular flexibility index (Phi) is 7.65. The second-order valence-corrected chi connectivity index (χ2v) is 6.91. The molecular formula is C17H27NO2S. The summed E-state index contributed by atoms with van der Waals surface area (Å²) in [6, 6.07) is 8.22. The third-order valence-electron chi connectivity index (χ3n) is 3.43. The molecule has 1 rings (SSSR count). The minimum Gasteiger partial charge on any atom is -0.497 e. The third-order valence-corrected chi connectivity index (χ3v) is 4.43. The molecule has 0 aliphatic carbocycles. The third kappa shape index (κ3) is 6.42. The molecule has 0 aromatic heterocycles. The number of hydrogen-bond donors (Lipinski definition) is 1. The number of carbonyl (C=O) groups excluding carboxylic acids is 1. The number of amides is 1. The van der Waals surface area contributed by atoms with E-state index in [-0.39, 0.29) is 11.9 Å². The Bertz CT molecular complexity index is 421. The molecule has 118 valence electrons. The minimum absolute atomic E-state index is 0.126. The average molecular weight is 309 g/mol. The van der Waals surface area contributed by atoms with Crippen molar-refractivity contribution in [1.29, 1.82) is 0 Å². The number of methoxy groups -OCH3 is 1. The van der Waals surface area contributed by atoms with Crippen LogP contribution in [0.1, 0.15) is 33.3 Å². The normalized spacial score (nSPS) is 11.2. The number of ether oxygens (including phenoxy) is 1. The second kappa shape index (κ2) is 8.98. The van der Waals surface area contributed by atoms with Crippen LogP contribution in [0.15, 0.2) is 24.3 Å². The second-order valence-electron chi connectivity index (χ2n) is 5.92. The fraction of sp³-hybridized carbons (Fsp3) is 0.588. The molecule has 0 aliphatic heterocycles. The van der Waals surface area contributed by atoms with E-state index >= 15 is 0 Å². The van der Waals surface area contributed by atoms with Gasteiger partial charge in [-0.1, -0.05) is 39.8 Å². The number of nitrogens with one attached hydrogen (secondary N) is 1. The molecular weight excluding hydrogens is 282 g/mol. The van der Waals surface area contributed by atoms with Crippen molar-refractivity contribution in [3.05, 3.63) is 29.8 Å². The molecule has 0 spiro atoms. The lowest BCUT2D eigenvalue weighted by atomic mass is 9.93. The zero-order chi connectivity index (χ0) is 15.8. The molecule has 0 saturated carbocycles. The molecule has 0 fully saturated rings. The lowest BCUT2D eigenvalue weighted by Crippen LogP contribution is -2.43. The summed E-state index contributed by atoms with van der Waals surface area (Å²) in [6.45, 7) is 8.59. The molecule has 4 heteroatoms. The average Bonchev–Trinajstić information content (AvgIpc) is 2.45. The molecule has 0 unspecified atom stereocenters. The van der Waals surface area contributed by atoms with Crippen molar-refractivity contribution < 1.29 is 9.53 Å². The van der Waals surface area contributed by atoms with Crippen molar-refractivity contribution in [2.45, 2.75) is 39.5 Å².